The number of nitrogens with one attached hydrogen (secondary N) is 1. The van der Waals surface area contributed by atoms with Gasteiger partial charge in [0, 0.05) is 33.2 Å². The van der Waals surface area contributed by atoms with Crippen LogP contribution in [0.3, 0.4) is 0 Å². The van der Waals surface area contributed by atoms with Gasteiger partial charge in [0.1, 0.15) is 0 Å². The maximum atomic E-state index is 12.7. The van der Waals surface area contributed by atoms with E-state index in [0.717, 1.165) is 11.1 Å². The molecule has 6 heteroatoms. The van der Waals surface area contributed by atoms with Crippen LogP contribution in [0.2, 0.25) is 0 Å². The zero-order chi connectivity index (χ0) is 18.4. The summed E-state index contributed by atoms with van der Waals surface area (Å²) in [5.41, 5.74) is 2.19. The SMILES string of the molecule is CN(Cc1ccccc1)C(=O)CC1NCCN(Cc2ccccc2)C1=O.Cl. The van der Waals surface area contributed by atoms with Crippen molar-refractivity contribution in [3.63, 3.8) is 0 Å². The van der Waals surface area contributed by atoms with Gasteiger partial charge in [-0.15, -0.1) is 12.4 Å². The highest BCUT2D eigenvalue weighted by atomic mass is 35.5. The Bertz CT molecular complexity index is 740. The van der Waals surface area contributed by atoms with E-state index in [1.807, 2.05) is 65.6 Å². The maximum Gasteiger partial charge on any atom is 0.240 e. The second kappa shape index (κ2) is 10.1. The fraction of sp³-hybridized carbons (Fsp3) is 0.333. The van der Waals surface area contributed by atoms with Gasteiger partial charge in [-0.2, -0.15) is 0 Å². The van der Waals surface area contributed by atoms with Crippen molar-refractivity contribution in [1.29, 1.82) is 0 Å². The Balaban J connectivity index is 0.00000261. The van der Waals surface area contributed by atoms with E-state index >= 15 is 0 Å². The number of hydrogen-bond acceptors (Lipinski definition) is 3. The third kappa shape index (κ3) is 5.81. The molecule has 27 heavy (non-hydrogen) atoms. The van der Waals surface area contributed by atoms with E-state index in [0.29, 0.717) is 26.2 Å². The van der Waals surface area contributed by atoms with Gasteiger partial charge in [0.05, 0.1) is 12.5 Å². The van der Waals surface area contributed by atoms with Crippen LogP contribution < -0.4 is 5.32 Å². The second-order valence-electron chi connectivity index (χ2n) is 6.69. The van der Waals surface area contributed by atoms with Crippen LogP contribution in [0.4, 0.5) is 0 Å². The minimum Gasteiger partial charge on any atom is -0.341 e. The monoisotopic (exact) mass is 387 g/mol. The molecule has 0 radical (unpaired) electrons. The van der Waals surface area contributed by atoms with Crippen LogP contribution in [0.15, 0.2) is 60.7 Å². The summed E-state index contributed by atoms with van der Waals surface area (Å²) in [6, 6.07) is 19.4. The van der Waals surface area contributed by atoms with Gasteiger partial charge in [0.15, 0.2) is 0 Å². The maximum absolute atomic E-state index is 12.7. The highest BCUT2D eigenvalue weighted by Crippen LogP contribution is 2.12. The van der Waals surface area contributed by atoms with Gasteiger partial charge < -0.3 is 15.1 Å². The Morgan fingerprint density at radius 3 is 2.30 bits per heavy atom. The van der Waals surface area contributed by atoms with Crippen LogP contribution in [0.5, 0.6) is 0 Å². The summed E-state index contributed by atoms with van der Waals surface area (Å²) in [7, 11) is 1.78. The molecule has 1 saturated heterocycles. The van der Waals surface area contributed by atoms with E-state index in [2.05, 4.69) is 5.32 Å². The molecule has 2 amide bonds. The van der Waals surface area contributed by atoms with Crippen molar-refractivity contribution < 1.29 is 9.59 Å². The average Bonchev–Trinajstić information content (AvgIpc) is 2.66. The summed E-state index contributed by atoms with van der Waals surface area (Å²) in [6.07, 6.45) is 0.188. The number of benzene rings is 2. The Hall–Kier alpha value is -2.37. The Morgan fingerprint density at radius 1 is 1.07 bits per heavy atom. The standard InChI is InChI=1S/C21H25N3O2.ClH/c1-23(15-17-8-4-2-5-9-17)20(25)14-19-21(26)24(13-12-22-19)16-18-10-6-3-7-11-18;/h2-11,19,22H,12-16H2,1H3;1H. The number of piperazine rings is 1. The van der Waals surface area contributed by atoms with Gasteiger partial charge in [-0.05, 0) is 11.1 Å². The predicted molar refractivity (Wildman–Crippen MR) is 108 cm³/mol. The average molecular weight is 388 g/mol. The van der Waals surface area contributed by atoms with Crippen LogP contribution in [0, 0.1) is 0 Å². The van der Waals surface area contributed by atoms with Gasteiger partial charge in [-0.1, -0.05) is 60.7 Å². The fourth-order valence-corrected chi connectivity index (χ4v) is 3.19. The molecule has 1 fully saturated rings. The van der Waals surface area contributed by atoms with E-state index in [-0.39, 0.29) is 30.6 Å². The highest BCUT2D eigenvalue weighted by molar-refractivity contribution is 5.88. The summed E-state index contributed by atoms with van der Waals surface area (Å²) in [6.45, 7) is 2.51. The van der Waals surface area contributed by atoms with Gasteiger partial charge in [0.2, 0.25) is 11.8 Å². The number of halogens is 1. The minimum absolute atomic E-state index is 0. The first-order valence-corrected chi connectivity index (χ1v) is 8.97. The summed E-state index contributed by atoms with van der Waals surface area (Å²) in [4.78, 5) is 28.8. The molecule has 0 bridgehead atoms. The fourth-order valence-electron chi connectivity index (χ4n) is 3.19. The largest absolute Gasteiger partial charge is 0.341 e. The van der Waals surface area contributed by atoms with Crippen LogP contribution in [0.1, 0.15) is 17.5 Å². The predicted octanol–water partition coefficient (Wildman–Crippen LogP) is 2.46. The minimum atomic E-state index is -0.446. The van der Waals surface area contributed by atoms with Crippen molar-refractivity contribution in [2.24, 2.45) is 0 Å². The van der Waals surface area contributed by atoms with Gasteiger partial charge in [-0.25, -0.2) is 0 Å². The normalized spacial score (nSPS) is 16.6. The highest BCUT2D eigenvalue weighted by Gasteiger charge is 2.30. The van der Waals surface area contributed by atoms with Gasteiger partial charge >= 0.3 is 0 Å². The third-order valence-electron chi connectivity index (χ3n) is 4.67. The molecule has 1 aliphatic rings. The second-order valence-corrected chi connectivity index (χ2v) is 6.69. The number of nitrogens with zero attached hydrogens (tertiary/aromatic N) is 2. The molecule has 0 aliphatic carbocycles. The Labute approximate surface area is 166 Å². The molecule has 5 nitrogen and oxygen atoms in total. The first kappa shape index (κ1) is 20.9. The number of amides is 2. The van der Waals surface area contributed by atoms with Crippen molar-refractivity contribution in [1.82, 2.24) is 15.1 Å². The molecule has 1 N–H and O–H groups in total. The smallest absolute Gasteiger partial charge is 0.240 e. The molecular formula is C21H26ClN3O2. The lowest BCUT2D eigenvalue weighted by Gasteiger charge is -2.33. The van der Waals surface area contributed by atoms with Gasteiger partial charge in [0.25, 0.3) is 0 Å². The zero-order valence-corrected chi connectivity index (χ0v) is 16.3. The number of hydrogen-bond donors (Lipinski definition) is 1. The van der Waals surface area contributed by atoms with Crippen molar-refractivity contribution in [3.8, 4) is 0 Å². The summed E-state index contributed by atoms with van der Waals surface area (Å²) < 4.78 is 0. The zero-order valence-electron chi connectivity index (χ0n) is 15.5. The van der Waals surface area contributed by atoms with Crippen molar-refractivity contribution >= 4 is 24.2 Å². The molecular weight excluding hydrogens is 362 g/mol. The molecule has 1 aliphatic heterocycles. The van der Waals surface area contributed by atoms with E-state index in [1.165, 1.54) is 0 Å². The van der Waals surface area contributed by atoms with Crippen molar-refractivity contribution in [3.05, 3.63) is 71.8 Å². The van der Waals surface area contributed by atoms with Crippen LogP contribution in [0.25, 0.3) is 0 Å². The Kier molecular flexibility index (Phi) is 7.82. The van der Waals surface area contributed by atoms with Gasteiger partial charge in [-0.3, -0.25) is 9.59 Å². The van der Waals surface area contributed by atoms with E-state index in [4.69, 9.17) is 0 Å². The lowest BCUT2D eigenvalue weighted by Crippen LogP contribution is -2.55. The molecule has 0 saturated carbocycles. The quantitative estimate of drug-likeness (QED) is 0.828. The number of carbonyl (C=O) groups is 2. The first-order valence-electron chi connectivity index (χ1n) is 8.97. The molecule has 0 spiro atoms. The van der Waals surface area contributed by atoms with E-state index in [9.17, 15) is 9.59 Å². The molecule has 144 valence electrons. The van der Waals surface area contributed by atoms with Crippen LogP contribution >= 0.6 is 12.4 Å². The topological polar surface area (TPSA) is 52.7 Å². The molecule has 1 unspecified atom stereocenters. The molecule has 1 atom stereocenters. The molecule has 0 aromatic heterocycles. The lowest BCUT2D eigenvalue weighted by atomic mass is 10.1. The van der Waals surface area contributed by atoms with Crippen molar-refractivity contribution in [2.45, 2.75) is 25.6 Å². The first-order chi connectivity index (χ1) is 12.6. The third-order valence-corrected chi connectivity index (χ3v) is 4.67. The molecule has 1 heterocycles. The number of rotatable bonds is 6. The molecule has 2 aromatic rings. The van der Waals surface area contributed by atoms with E-state index in [1.54, 1.807) is 11.9 Å². The summed E-state index contributed by atoms with van der Waals surface area (Å²) >= 11 is 0. The number of carbonyl (C=O) groups excluding carboxylic acids is 2. The summed E-state index contributed by atoms with van der Waals surface area (Å²) in [5.74, 6) is -0.0252. The van der Waals surface area contributed by atoms with E-state index < -0.39 is 6.04 Å². The lowest BCUT2D eigenvalue weighted by molar-refractivity contribution is -0.141. The molecule has 3 rings (SSSR count). The Morgan fingerprint density at radius 2 is 1.67 bits per heavy atom. The summed E-state index contributed by atoms with van der Waals surface area (Å²) in [5, 5.41) is 3.20. The van der Waals surface area contributed by atoms with Crippen LogP contribution in [-0.4, -0.2) is 47.8 Å². The molecule has 2 aromatic carbocycles. The van der Waals surface area contributed by atoms with Crippen molar-refractivity contribution in [2.75, 3.05) is 20.1 Å². The van der Waals surface area contributed by atoms with Crippen LogP contribution in [-0.2, 0) is 22.7 Å².